The topological polar surface area (TPSA) is 97.4 Å². The summed E-state index contributed by atoms with van der Waals surface area (Å²) in [6, 6.07) is 13.0. The van der Waals surface area contributed by atoms with E-state index in [-0.39, 0.29) is 17.6 Å². The Morgan fingerprint density at radius 3 is 2.85 bits per heavy atom. The van der Waals surface area contributed by atoms with Crippen molar-refractivity contribution in [2.24, 2.45) is 0 Å². The highest BCUT2D eigenvalue weighted by atomic mass is 16.3. The van der Waals surface area contributed by atoms with E-state index in [1.54, 1.807) is 48.5 Å². The van der Waals surface area contributed by atoms with Crippen LogP contribution in [0.5, 0.6) is 0 Å². The molecule has 0 radical (unpaired) electrons. The Labute approximate surface area is 196 Å². The summed E-state index contributed by atoms with van der Waals surface area (Å²) in [7, 11) is 1.67. The molecule has 4 aromatic rings. The molecule has 3 aromatic heterocycles. The highest BCUT2D eigenvalue weighted by Gasteiger charge is 2.21. The average Bonchev–Trinajstić information content (AvgIpc) is 3.56. The van der Waals surface area contributed by atoms with Crippen LogP contribution >= 0.6 is 0 Å². The van der Waals surface area contributed by atoms with Crippen LogP contribution in [0, 0.1) is 0 Å². The van der Waals surface area contributed by atoms with Crippen molar-refractivity contribution in [3.8, 4) is 0 Å². The van der Waals surface area contributed by atoms with E-state index in [0.29, 0.717) is 37.5 Å². The Bertz CT molecular complexity index is 1340. The number of anilines is 1. The predicted molar refractivity (Wildman–Crippen MR) is 127 cm³/mol. The summed E-state index contributed by atoms with van der Waals surface area (Å²) in [6.07, 6.45) is 8.35. The van der Waals surface area contributed by atoms with Gasteiger partial charge in [-0.3, -0.25) is 19.2 Å². The number of carbonyl (C=O) groups excluding carboxylic acids is 2. The van der Waals surface area contributed by atoms with Crippen molar-refractivity contribution in [2.45, 2.75) is 19.4 Å². The Balaban J connectivity index is 1.30. The zero-order chi connectivity index (χ0) is 23.5. The van der Waals surface area contributed by atoms with Crippen molar-refractivity contribution in [1.82, 2.24) is 24.9 Å². The van der Waals surface area contributed by atoms with Gasteiger partial charge >= 0.3 is 0 Å². The molecule has 4 heterocycles. The van der Waals surface area contributed by atoms with E-state index in [0.717, 1.165) is 22.9 Å². The summed E-state index contributed by atoms with van der Waals surface area (Å²) in [5.41, 5.74) is 2.74. The lowest BCUT2D eigenvalue weighted by Crippen LogP contribution is -2.35. The number of benzene rings is 1. The van der Waals surface area contributed by atoms with Crippen LogP contribution in [0.1, 0.15) is 29.0 Å². The molecular formula is C25H24N6O3. The van der Waals surface area contributed by atoms with Gasteiger partial charge in [-0.1, -0.05) is 23.4 Å². The molecule has 1 aliphatic rings. The van der Waals surface area contributed by atoms with Gasteiger partial charge in [0.1, 0.15) is 11.4 Å². The Hall–Kier alpha value is -4.27. The van der Waals surface area contributed by atoms with Crippen molar-refractivity contribution >= 4 is 34.2 Å². The third-order valence-corrected chi connectivity index (χ3v) is 5.93. The molecule has 0 saturated heterocycles. The Kier molecular flexibility index (Phi) is 5.90. The van der Waals surface area contributed by atoms with Crippen molar-refractivity contribution in [3.63, 3.8) is 0 Å². The number of furan rings is 1. The number of aromatic nitrogens is 4. The number of carbonyl (C=O) groups is 2. The van der Waals surface area contributed by atoms with Gasteiger partial charge < -0.3 is 9.32 Å². The first kappa shape index (κ1) is 21.6. The van der Waals surface area contributed by atoms with Gasteiger partial charge in [0.05, 0.1) is 12.7 Å². The minimum atomic E-state index is -0.266. The minimum absolute atomic E-state index is 0.0935. The Morgan fingerprint density at radius 2 is 2.06 bits per heavy atom. The first-order chi connectivity index (χ1) is 16.6. The number of pyridine rings is 1. The van der Waals surface area contributed by atoms with E-state index < -0.39 is 0 Å². The fourth-order valence-electron chi connectivity index (χ4n) is 4.06. The molecule has 9 heteroatoms. The third kappa shape index (κ3) is 4.45. The zero-order valence-corrected chi connectivity index (χ0v) is 18.8. The molecule has 1 aromatic carbocycles. The summed E-state index contributed by atoms with van der Waals surface area (Å²) in [5.74, 6) is 0.630. The van der Waals surface area contributed by atoms with E-state index in [4.69, 9.17) is 4.42 Å². The molecule has 0 unspecified atom stereocenters. The quantitative estimate of drug-likeness (QED) is 0.441. The van der Waals surface area contributed by atoms with Crippen LogP contribution < -0.4 is 4.90 Å². The fourth-order valence-corrected chi connectivity index (χ4v) is 4.06. The molecule has 0 saturated carbocycles. The molecule has 0 atom stereocenters. The second kappa shape index (κ2) is 9.30. The summed E-state index contributed by atoms with van der Waals surface area (Å²) >= 11 is 0. The fraction of sp³-hybridized carbons (Fsp3) is 0.240. The van der Waals surface area contributed by atoms with Crippen LogP contribution in [0.4, 0.5) is 5.82 Å². The molecule has 0 N–H and O–H groups in total. The van der Waals surface area contributed by atoms with Gasteiger partial charge in [0, 0.05) is 44.3 Å². The molecule has 9 nitrogen and oxygen atoms in total. The lowest BCUT2D eigenvalue weighted by Gasteiger charge is -2.27. The summed E-state index contributed by atoms with van der Waals surface area (Å²) in [4.78, 5) is 33.2. The minimum Gasteiger partial charge on any atom is -0.451 e. The van der Waals surface area contributed by atoms with Gasteiger partial charge in [-0.25, -0.2) is 4.98 Å². The van der Waals surface area contributed by atoms with Gasteiger partial charge in [0.15, 0.2) is 5.76 Å². The highest BCUT2D eigenvalue weighted by Crippen LogP contribution is 2.28. The standard InChI is InChI=1S/C25H24N6O3/c1-29(23-6-2-3-10-26-23)25(33)22-16-20-15-18(7-8-21(20)34-22)19-5-4-12-30(17-19)24(32)9-13-31-14-11-27-28-31/h2-3,5-8,10-11,14-16H,4,9,12-13,17H2,1H3. The predicted octanol–water partition coefficient (Wildman–Crippen LogP) is 3.40. The number of aryl methyl sites for hydroxylation is 1. The first-order valence-corrected chi connectivity index (χ1v) is 11.1. The largest absolute Gasteiger partial charge is 0.451 e. The highest BCUT2D eigenvalue weighted by molar-refractivity contribution is 6.05. The summed E-state index contributed by atoms with van der Waals surface area (Å²) in [6.45, 7) is 1.76. The van der Waals surface area contributed by atoms with E-state index in [2.05, 4.69) is 21.4 Å². The van der Waals surface area contributed by atoms with Crippen molar-refractivity contribution in [1.29, 1.82) is 0 Å². The second-order valence-electron chi connectivity index (χ2n) is 8.16. The van der Waals surface area contributed by atoms with Crippen molar-refractivity contribution in [2.75, 3.05) is 25.0 Å². The normalized spacial score (nSPS) is 13.7. The molecule has 0 fully saturated rings. The van der Waals surface area contributed by atoms with E-state index in [1.807, 2.05) is 29.2 Å². The molecule has 5 rings (SSSR count). The molecule has 34 heavy (non-hydrogen) atoms. The van der Waals surface area contributed by atoms with Gasteiger partial charge in [-0.2, -0.15) is 0 Å². The molecule has 172 valence electrons. The van der Waals surface area contributed by atoms with Gasteiger partial charge in [0.25, 0.3) is 5.91 Å². The van der Waals surface area contributed by atoms with E-state index >= 15 is 0 Å². The second-order valence-corrected chi connectivity index (χ2v) is 8.16. The van der Waals surface area contributed by atoms with Crippen LogP contribution in [0.15, 0.2) is 71.5 Å². The smallest absolute Gasteiger partial charge is 0.294 e. The number of rotatable bonds is 6. The van der Waals surface area contributed by atoms with Crippen LogP contribution in [0.25, 0.3) is 16.5 Å². The van der Waals surface area contributed by atoms with Gasteiger partial charge in [-0.05, 0) is 47.9 Å². The van der Waals surface area contributed by atoms with Crippen LogP contribution in [0.2, 0.25) is 0 Å². The van der Waals surface area contributed by atoms with Gasteiger partial charge in [0.2, 0.25) is 5.91 Å². The summed E-state index contributed by atoms with van der Waals surface area (Å²) in [5, 5.41) is 8.52. The van der Waals surface area contributed by atoms with E-state index in [9.17, 15) is 9.59 Å². The molecule has 0 aliphatic carbocycles. The monoisotopic (exact) mass is 456 g/mol. The number of hydrogen-bond donors (Lipinski definition) is 0. The maximum Gasteiger partial charge on any atom is 0.294 e. The summed E-state index contributed by atoms with van der Waals surface area (Å²) < 4.78 is 7.49. The van der Waals surface area contributed by atoms with Crippen LogP contribution in [-0.4, -0.2) is 56.8 Å². The molecule has 0 spiro atoms. The van der Waals surface area contributed by atoms with Crippen molar-refractivity contribution in [3.05, 3.63) is 78.5 Å². The lowest BCUT2D eigenvalue weighted by molar-refractivity contribution is -0.131. The Morgan fingerprint density at radius 1 is 1.15 bits per heavy atom. The van der Waals surface area contributed by atoms with Crippen LogP contribution in [-0.2, 0) is 11.3 Å². The lowest BCUT2D eigenvalue weighted by atomic mass is 9.99. The molecule has 1 aliphatic heterocycles. The number of amides is 2. The maximum absolute atomic E-state index is 12.9. The van der Waals surface area contributed by atoms with E-state index in [1.165, 1.54) is 4.90 Å². The average molecular weight is 457 g/mol. The molecule has 0 bridgehead atoms. The number of nitrogens with zero attached hydrogens (tertiary/aromatic N) is 6. The molecular weight excluding hydrogens is 432 g/mol. The zero-order valence-electron chi connectivity index (χ0n) is 18.8. The third-order valence-electron chi connectivity index (χ3n) is 5.93. The molecule has 2 amide bonds. The number of fused-ring (bicyclic) bond motifs is 1. The van der Waals surface area contributed by atoms with Crippen LogP contribution in [0.3, 0.4) is 0 Å². The first-order valence-electron chi connectivity index (χ1n) is 11.1. The van der Waals surface area contributed by atoms with Crippen molar-refractivity contribution < 1.29 is 14.0 Å². The maximum atomic E-state index is 12.9. The SMILES string of the molecule is CN(C(=O)c1cc2cc(C3=CCCN(C(=O)CCn4ccnn4)C3)ccc2o1)c1ccccn1. The van der Waals surface area contributed by atoms with Gasteiger partial charge in [-0.15, -0.1) is 5.10 Å². The number of hydrogen-bond acceptors (Lipinski definition) is 6.